The first kappa shape index (κ1) is 12.8. The molecule has 0 radical (unpaired) electrons. The maximum Gasteiger partial charge on any atom is 0.327 e. The zero-order chi connectivity index (χ0) is 13.3. The van der Waals surface area contributed by atoms with E-state index in [0.717, 1.165) is 12.5 Å². The zero-order valence-electron chi connectivity index (χ0n) is 10.1. The summed E-state index contributed by atoms with van der Waals surface area (Å²) in [6.07, 6.45) is 1.37. The van der Waals surface area contributed by atoms with Crippen molar-refractivity contribution in [1.29, 1.82) is 0 Å². The Kier molecular flexibility index (Phi) is 3.21. The van der Waals surface area contributed by atoms with Crippen molar-refractivity contribution in [3.63, 3.8) is 0 Å². The van der Waals surface area contributed by atoms with Crippen LogP contribution in [0.1, 0.15) is 19.8 Å². The average molecular weight is 254 g/mol. The molecule has 1 aliphatic heterocycles. The summed E-state index contributed by atoms with van der Waals surface area (Å²) in [5.74, 6) is -0.845. The first-order valence-electron chi connectivity index (χ1n) is 5.81. The van der Waals surface area contributed by atoms with E-state index >= 15 is 0 Å². The zero-order valence-corrected chi connectivity index (χ0v) is 10.1. The largest absolute Gasteiger partial charge is 0.388 e. The molecule has 18 heavy (non-hydrogen) atoms. The van der Waals surface area contributed by atoms with Crippen LogP contribution in [0.25, 0.3) is 0 Å². The normalized spacial score (nSPS) is 24.1. The number of aliphatic hydroxyl groups is 1. The summed E-state index contributed by atoms with van der Waals surface area (Å²) in [7, 11) is 0. The summed E-state index contributed by atoms with van der Waals surface area (Å²) in [4.78, 5) is 11.9. The van der Waals surface area contributed by atoms with Gasteiger partial charge in [-0.15, -0.1) is 0 Å². The van der Waals surface area contributed by atoms with Crippen molar-refractivity contribution >= 4 is 11.4 Å². The fourth-order valence-corrected chi connectivity index (χ4v) is 2.37. The number of hydrogen-bond acceptors (Lipinski definition) is 4. The molecule has 5 nitrogen and oxygen atoms in total. The second-order valence-electron chi connectivity index (χ2n) is 4.89. The molecule has 1 heterocycles. The van der Waals surface area contributed by atoms with Crippen LogP contribution in [0.2, 0.25) is 0 Å². The Morgan fingerprint density at radius 3 is 2.89 bits per heavy atom. The van der Waals surface area contributed by atoms with E-state index in [-0.39, 0.29) is 12.2 Å². The number of nitro benzene ring substituents is 1. The van der Waals surface area contributed by atoms with Gasteiger partial charge in [0.05, 0.1) is 10.5 Å². The SMILES string of the molecule is CC1(O)CCCN(c2cccc(F)c2[N+](=O)[O-])C1. The van der Waals surface area contributed by atoms with Gasteiger partial charge in [0.2, 0.25) is 5.82 Å². The lowest BCUT2D eigenvalue weighted by Crippen LogP contribution is -2.46. The van der Waals surface area contributed by atoms with Gasteiger partial charge >= 0.3 is 5.69 Å². The lowest BCUT2D eigenvalue weighted by Gasteiger charge is -2.37. The van der Waals surface area contributed by atoms with Crippen molar-refractivity contribution in [3.05, 3.63) is 34.1 Å². The van der Waals surface area contributed by atoms with Gasteiger partial charge in [-0.25, -0.2) is 0 Å². The number of anilines is 1. The Bertz CT molecular complexity index is 476. The minimum atomic E-state index is -0.890. The molecular weight excluding hydrogens is 239 g/mol. The van der Waals surface area contributed by atoms with Crippen molar-refractivity contribution in [2.45, 2.75) is 25.4 Å². The second-order valence-corrected chi connectivity index (χ2v) is 4.89. The van der Waals surface area contributed by atoms with Crippen molar-refractivity contribution in [3.8, 4) is 0 Å². The van der Waals surface area contributed by atoms with Crippen molar-refractivity contribution in [2.75, 3.05) is 18.0 Å². The molecule has 1 saturated heterocycles. The Balaban J connectivity index is 2.39. The molecule has 1 aromatic carbocycles. The predicted octanol–water partition coefficient (Wildman–Crippen LogP) is 2.09. The molecule has 1 fully saturated rings. The highest BCUT2D eigenvalue weighted by Crippen LogP contribution is 2.34. The number of piperidine rings is 1. The lowest BCUT2D eigenvalue weighted by atomic mass is 9.94. The van der Waals surface area contributed by atoms with Crippen molar-refractivity contribution in [1.82, 2.24) is 0 Å². The summed E-state index contributed by atoms with van der Waals surface area (Å²) in [6, 6.07) is 4.04. The first-order chi connectivity index (χ1) is 8.41. The van der Waals surface area contributed by atoms with Crippen LogP contribution in [-0.2, 0) is 0 Å². The van der Waals surface area contributed by atoms with E-state index in [1.54, 1.807) is 11.8 Å². The number of para-hydroxylation sites is 1. The molecule has 1 N–H and O–H groups in total. The third-order valence-electron chi connectivity index (χ3n) is 3.16. The molecule has 0 amide bonds. The molecule has 0 aromatic heterocycles. The highest BCUT2D eigenvalue weighted by atomic mass is 19.1. The van der Waals surface area contributed by atoms with Gasteiger partial charge < -0.3 is 10.0 Å². The predicted molar refractivity (Wildman–Crippen MR) is 65.1 cm³/mol. The Hall–Kier alpha value is -1.69. The molecule has 0 saturated carbocycles. The molecule has 1 unspecified atom stereocenters. The maximum absolute atomic E-state index is 13.5. The van der Waals surface area contributed by atoms with Crippen LogP contribution in [0.4, 0.5) is 15.8 Å². The minimum Gasteiger partial charge on any atom is -0.388 e. The molecule has 1 aromatic rings. The summed E-state index contributed by atoms with van der Waals surface area (Å²) in [5, 5.41) is 20.9. The van der Waals surface area contributed by atoms with Crippen LogP contribution in [0.15, 0.2) is 18.2 Å². The molecular formula is C12H15FN2O3. The molecule has 98 valence electrons. The number of hydrogen-bond donors (Lipinski definition) is 1. The van der Waals surface area contributed by atoms with Crippen molar-refractivity contribution in [2.24, 2.45) is 0 Å². The van der Waals surface area contributed by atoms with Crippen molar-refractivity contribution < 1.29 is 14.4 Å². The number of rotatable bonds is 2. The number of nitro groups is 1. The van der Waals surface area contributed by atoms with E-state index in [4.69, 9.17) is 0 Å². The number of β-amino-alcohol motifs (C(OH)–C–C–N with tert-alkyl or cyclic N) is 1. The lowest BCUT2D eigenvalue weighted by molar-refractivity contribution is -0.386. The van der Waals surface area contributed by atoms with Gasteiger partial charge in [0, 0.05) is 13.1 Å². The van der Waals surface area contributed by atoms with Crippen LogP contribution in [0, 0.1) is 15.9 Å². The molecule has 0 bridgehead atoms. The molecule has 1 atom stereocenters. The Morgan fingerprint density at radius 2 is 2.28 bits per heavy atom. The number of benzene rings is 1. The quantitative estimate of drug-likeness (QED) is 0.648. The van der Waals surface area contributed by atoms with Gasteiger partial charge in [0.15, 0.2) is 0 Å². The van der Waals surface area contributed by atoms with Gasteiger partial charge in [-0.1, -0.05) is 6.07 Å². The van der Waals surface area contributed by atoms with E-state index < -0.39 is 22.0 Å². The minimum absolute atomic E-state index is 0.236. The summed E-state index contributed by atoms with van der Waals surface area (Å²) in [6.45, 7) is 2.54. The van der Waals surface area contributed by atoms with E-state index in [1.807, 2.05) is 0 Å². The van der Waals surface area contributed by atoms with Crippen LogP contribution >= 0.6 is 0 Å². The van der Waals surface area contributed by atoms with Gasteiger partial charge in [-0.2, -0.15) is 4.39 Å². The smallest absolute Gasteiger partial charge is 0.327 e. The van der Waals surface area contributed by atoms with Gasteiger partial charge in [-0.05, 0) is 31.9 Å². The van der Waals surface area contributed by atoms with Gasteiger partial charge in [-0.3, -0.25) is 10.1 Å². The fourth-order valence-electron chi connectivity index (χ4n) is 2.37. The molecule has 2 rings (SSSR count). The number of nitrogens with zero attached hydrogens (tertiary/aromatic N) is 2. The van der Waals surface area contributed by atoms with E-state index in [9.17, 15) is 19.6 Å². The van der Waals surface area contributed by atoms with Crippen LogP contribution in [-0.4, -0.2) is 28.7 Å². The van der Waals surface area contributed by atoms with Gasteiger partial charge in [0.25, 0.3) is 0 Å². The third kappa shape index (κ3) is 2.43. The monoisotopic (exact) mass is 254 g/mol. The van der Waals surface area contributed by atoms with Gasteiger partial charge in [0.1, 0.15) is 5.69 Å². The van der Waals surface area contributed by atoms with E-state index in [0.29, 0.717) is 13.0 Å². The molecule has 0 spiro atoms. The summed E-state index contributed by atoms with van der Waals surface area (Å²) in [5.41, 5.74) is -1.17. The Morgan fingerprint density at radius 1 is 1.56 bits per heavy atom. The van der Waals surface area contributed by atoms with Crippen LogP contribution in [0.5, 0.6) is 0 Å². The van der Waals surface area contributed by atoms with E-state index in [2.05, 4.69) is 0 Å². The maximum atomic E-state index is 13.5. The van der Waals surface area contributed by atoms with Crippen LogP contribution in [0.3, 0.4) is 0 Å². The molecule has 6 heteroatoms. The Labute approximate surface area is 104 Å². The summed E-state index contributed by atoms with van der Waals surface area (Å²) >= 11 is 0. The third-order valence-corrected chi connectivity index (χ3v) is 3.16. The standard InChI is InChI=1S/C12H15FN2O3/c1-12(16)6-3-7-14(8-12)10-5-2-4-9(13)11(10)15(17)18/h2,4-5,16H,3,6-8H2,1H3. The van der Waals surface area contributed by atoms with Crippen LogP contribution < -0.4 is 4.90 Å². The fraction of sp³-hybridized carbons (Fsp3) is 0.500. The average Bonchev–Trinajstić information content (AvgIpc) is 2.26. The topological polar surface area (TPSA) is 66.6 Å². The highest BCUT2D eigenvalue weighted by molar-refractivity contribution is 5.64. The first-order valence-corrected chi connectivity index (χ1v) is 5.81. The molecule has 1 aliphatic rings. The number of halogens is 1. The van der Waals surface area contributed by atoms with E-state index in [1.165, 1.54) is 12.1 Å². The highest BCUT2D eigenvalue weighted by Gasteiger charge is 2.32. The second kappa shape index (κ2) is 4.53. The summed E-state index contributed by atoms with van der Waals surface area (Å²) < 4.78 is 13.5. The molecule has 0 aliphatic carbocycles.